The van der Waals surface area contributed by atoms with Crippen LogP contribution in [0.3, 0.4) is 0 Å². The van der Waals surface area contributed by atoms with Crippen LogP contribution >= 0.6 is 0 Å². The summed E-state index contributed by atoms with van der Waals surface area (Å²) in [6.07, 6.45) is 3.62. The van der Waals surface area contributed by atoms with Gasteiger partial charge < -0.3 is 15.1 Å². The van der Waals surface area contributed by atoms with Gasteiger partial charge in [-0.3, -0.25) is 4.79 Å². The lowest BCUT2D eigenvalue weighted by atomic mass is 10.1. The molecule has 2 rings (SSSR count). The molecule has 0 bridgehead atoms. The number of hydrogen-bond acceptors (Lipinski definition) is 2. The average molecular weight is 219 g/mol. The Bertz CT molecular complexity index is 473. The van der Waals surface area contributed by atoms with Crippen molar-refractivity contribution in [2.45, 2.75) is 19.3 Å². The molecule has 0 saturated carbocycles. The van der Waals surface area contributed by atoms with E-state index < -0.39 is 5.97 Å². The molecule has 2 heterocycles. The van der Waals surface area contributed by atoms with Crippen molar-refractivity contribution >= 4 is 5.97 Å². The zero-order valence-corrected chi connectivity index (χ0v) is 8.90. The zero-order chi connectivity index (χ0) is 11.5. The SMILES string of the molecule is CC(CC(=O)O)c1ncc(-c2ccc[nH]2)[nH]1. The van der Waals surface area contributed by atoms with E-state index in [1.165, 1.54) is 0 Å². The van der Waals surface area contributed by atoms with Crippen molar-refractivity contribution in [1.29, 1.82) is 0 Å². The molecule has 3 N–H and O–H groups in total. The lowest BCUT2D eigenvalue weighted by Gasteiger charge is -2.03. The number of hydrogen-bond donors (Lipinski definition) is 3. The Balaban J connectivity index is 2.16. The standard InChI is InChI=1S/C11H13N3O2/c1-7(5-10(15)16)11-13-6-9(14-11)8-3-2-4-12-8/h2-4,6-7,12H,5H2,1H3,(H,13,14)(H,15,16). The lowest BCUT2D eigenvalue weighted by Crippen LogP contribution is -2.04. The zero-order valence-electron chi connectivity index (χ0n) is 8.90. The summed E-state index contributed by atoms with van der Waals surface area (Å²) in [5.41, 5.74) is 1.82. The number of nitrogens with one attached hydrogen (secondary N) is 2. The Kier molecular flexibility index (Phi) is 2.76. The second kappa shape index (κ2) is 4.22. The first kappa shape index (κ1) is 10.5. The Morgan fingerprint density at radius 3 is 3.00 bits per heavy atom. The molecule has 0 aromatic carbocycles. The first-order chi connectivity index (χ1) is 7.66. The van der Waals surface area contributed by atoms with Crippen molar-refractivity contribution in [2.75, 3.05) is 0 Å². The number of rotatable bonds is 4. The van der Waals surface area contributed by atoms with Crippen LogP contribution in [-0.2, 0) is 4.79 Å². The molecule has 16 heavy (non-hydrogen) atoms. The molecule has 2 aromatic rings. The molecule has 1 unspecified atom stereocenters. The number of carboxylic acids is 1. The molecule has 0 amide bonds. The molecule has 5 heteroatoms. The summed E-state index contributed by atoms with van der Waals surface area (Å²) >= 11 is 0. The smallest absolute Gasteiger partial charge is 0.304 e. The van der Waals surface area contributed by atoms with E-state index in [1.807, 2.05) is 25.3 Å². The molecule has 0 fully saturated rings. The van der Waals surface area contributed by atoms with Gasteiger partial charge in [-0.05, 0) is 12.1 Å². The third-order valence-electron chi connectivity index (χ3n) is 2.43. The van der Waals surface area contributed by atoms with Crippen molar-refractivity contribution in [2.24, 2.45) is 0 Å². The number of H-pyrrole nitrogens is 2. The summed E-state index contributed by atoms with van der Waals surface area (Å²) in [6.45, 7) is 1.84. The Labute approximate surface area is 92.5 Å². The molecular weight excluding hydrogens is 206 g/mol. The summed E-state index contributed by atoms with van der Waals surface area (Å²) in [7, 11) is 0. The number of imidazole rings is 1. The molecule has 0 aliphatic heterocycles. The first-order valence-corrected chi connectivity index (χ1v) is 5.07. The normalized spacial score (nSPS) is 12.6. The molecule has 2 aromatic heterocycles. The number of carboxylic acid groups (broad SMARTS) is 1. The third kappa shape index (κ3) is 2.13. The van der Waals surface area contributed by atoms with Crippen LogP contribution in [0.1, 0.15) is 25.1 Å². The highest BCUT2D eigenvalue weighted by Crippen LogP contribution is 2.20. The van der Waals surface area contributed by atoms with E-state index in [-0.39, 0.29) is 12.3 Å². The fourth-order valence-electron chi connectivity index (χ4n) is 1.58. The van der Waals surface area contributed by atoms with Gasteiger partial charge in [0.05, 0.1) is 24.0 Å². The maximum atomic E-state index is 10.6. The summed E-state index contributed by atoms with van der Waals surface area (Å²) in [5, 5.41) is 8.69. The monoisotopic (exact) mass is 219 g/mol. The molecule has 84 valence electrons. The van der Waals surface area contributed by atoms with Crippen LogP contribution < -0.4 is 0 Å². The third-order valence-corrected chi connectivity index (χ3v) is 2.43. The van der Waals surface area contributed by atoms with Gasteiger partial charge in [0.25, 0.3) is 0 Å². The fourth-order valence-corrected chi connectivity index (χ4v) is 1.58. The number of aliphatic carboxylic acids is 1. The number of nitrogens with zero attached hydrogens (tertiary/aromatic N) is 1. The highest BCUT2D eigenvalue weighted by atomic mass is 16.4. The summed E-state index contributed by atoms with van der Waals surface area (Å²) < 4.78 is 0. The quantitative estimate of drug-likeness (QED) is 0.735. The molecule has 0 spiro atoms. The van der Waals surface area contributed by atoms with Crippen LogP contribution in [0.2, 0.25) is 0 Å². The van der Waals surface area contributed by atoms with E-state index >= 15 is 0 Å². The second-order valence-corrected chi connectivity index (χ2v) is 3.76. The maximum Gasteiger partial charge on any atom is 0.304 e. The average Bonchev–Trinajstić information content (AvgIpc) is 2.87. The van der Waals surface area contributed by atoms with Gasteiger partial charge in [-0.1, -0.05) is 6.92 Å². The molecule has 1 atom stereocenters. The first-order valence-electron chi connectivity index (χ1n) is 5.07. The van der Waals surface area contributed by atoms with Crippen molar-refractivity contribution in [1.82, 2.24) is 15.0 Å². The van der Waals surface area contributed by atoms with Crippen LogP contribution in [-0.4, -0.2) is 26.0 Å². The van der Waals surface area contributed by atoms with Gasteiger partial charge in [-0.2, -0.15) is 0 Å². The summed E-state index contributed by atoms with van der Waals surface area (Å²) in [5.74, 6) is -0.224. The minimum atomic E-state index is -0.815. The van der Waals surface area contributed by atoms with Crippen molar-refractivity contribution in [3.05, 3.63) is 30.4 Å². The predicted molar refractivity (Wildman–Crippen MR) is 59.0 cm³/mol. The van der Waals surface area contributed by atoms with Gasteiger partial charge in [0, 0.05) is 12.1 Å². The van der Waals surface area contributed by atoms with Crippen LogP contribution in [0.15, 0.2) is 24.5 Å². The minimum Gasteiger partial charge on any atom is -0.481 e. The van der Waals surface area contributed by atoms with E-state index in [4.69, 9.17) is 5.11 Å². The summed E-state index contributed by atoms with van der Waals surface area (Å²) in [4.78, 5) is 20.9. The van der Waals surface area contributed by atoms with Crippen molar-refractivity contribution in [3.8, 4) is 11.4 Å². The van der Waals surface area contributed by atoms with Gasteiger partial charge in [-0.15, -0.1) is 0 Å². The molecular formula is C11H13N3O2. The largest absolute Gasteiger partial charge is 0.481 e. The van der Waals surface area contributed by atoms with Crippen molar-refractivity contribution in [3.63, 3.8) is 0 Å². The fraction of sp³-hybridized carbons (Fsp3) is 0.273. The van der Waals surface area contributed by atoms with Gasteiger partial charge in [0.15, 0.2) is 0 Å². The summed E-state index contributed by atoms with van der Waals surface area (Å²) in [6, 6.07) is 3.83. The van der Waals surface area contributed by atoms with Gasteiger partial charge >= 0.3 is 5.97 Å². The maximum absolute atomic E-state index is 10.6. The molecule has 0 saturated heterocycles. The highest BCUT2D eigenvalue weighted by Gasteiger charge is 2.14. The van der Waals surface area contributed by atoms with Crippen LogP contribution in [0.4, 0.5) is 0 Å². The van der Waals surface area contributed by atoms with Gasteiger partial charge in [0.1, 0.15) is 5.82 Å². The Morgan fingerprint density at radius 1 is 1.56 bits per heavy atom. The predicted octanol–water partition coefficient (Wildman–Crippen LogP) is 1.98. The highest BCUT2D eigenvalue weighted by molar-refractivity contribution is 5.67. The van der Waals surface area contributed by atoms with E-state index in [0.29, 0.717) is 5.82 Å². The second-order valence-electron chi connectivity index (χ2n) is 3.76. The Morgan fingerprint density at radius 2 is 2.38 bits per heavy atom. The van der Waals surface area contributed by atoms with E-state index in [9.17, 15) is 4.79 Å². The molecule has 0 aliphatic rings. The van der Waals surface area contributed by atoms with E-state index in [0.717, 1.165) is 11.4 Å². The molecule has 0 radical (unpaired) electrons. The molecule has 5 nitrogen and oxygen atoms in total. The van der Waals surface area contributed by atoms with Crippen LogP contribution in [0, 0.1) is 0 Å². The number of aromatic nitrogens is 3. The number of carbonyl (C=O) groups is 1. The number of aromatic amines is 2. The topological polar surface area (TPSA) is 81.8 Å². The minimum absolute atomic E-state index is 0.0810. The van der Waals surface area contributed by atoms with E-state index in [2.05, 4.69) is 15.0 Å². The van der Waals surface area contributed by atoms with E-state index in [1.54, 1.807) is 6.20 Å². The molecule has 0 aliphatic carbocycles. The Hall–Kier alpha value is -2.04. The van der Waals surface area contributed by atoms with Gasteiger partial charge in [0.2, 0.25) is 0 Å². The van der Waals surface area contributed by atoms with Crippen LogP contribution in [0.25, 0.3) is 11.4 Å². The van der Waals surface area contributed by atoms with Gasteiger partial charge in [-0.25, -0.2) is 4.98 Å². The van der Waals surface area contributed by atoms with Crippen molar-refractivity contribution < 1.29 is 9.90 Å². The van der Waals surface area contributed by atoms with Crippen LogP contribution in [0.5, 0.6) is 0 Å². The lowest BCUT2D eigenvalue weighted by molar-refractivity contribution is -0.137.